The van der Waals surface area contributed by atoms with E-state index in [4.69, 9.17) is 23.1 Å². The molecule has 1 aliphatic carbocycles. The number of benzene rings is 2. The van der Waals surface area contributed by atoms with Gasteiger partial charge in [0.05, 0.1) is 5.41 Å². The normalized spacial score (nSPS) is 20.5. The predicted molar refractivity (Wildman–Crippen MR) is 100 cm³/mol. The molecule has 130 valence electrons. The summed E-state index contributed by atoms with van der Waals surface area (Å²) in [7, 11) is 0. The number of halogens is 1. The first-order valence-corrected chi connectivity index (χ1v) is 9.07. The third-order valence-electron chi connectivity index (χ3n) is 5.99. The van der Waals surface area contributed by atoms with E-state index in [0.717, 1.165) is 30.6 Å². The van der Waals surface area contributed by atoms with Crippen LogP contribution in [0.2, 0.25) is 5.02 Å². The number of amides is 1. The van der Waals surface area contributed by atoms with Crippen LogP contribution in [0.1, 0.15) is 30.4 Å². The molecule has 2 aliphatic rings. The van der Waals surface area contributed by atoms with Crippen LogP contribution in [-0.4, -0.2) is 12.5 Å². The van der Waals surface area contributed by atoms with Gasteiger partial charge in [-0.1, -0.05) is 48.4 Å². The van der Waals surface area contributed by atoms with Crippen molar-refractivity contribution in [1.82, 2.24) is 0 Å². The molecule has 4 nitrogen and oxygen atoms in total. The lowest BCUT2D eigenvalue weighted by atomic mass is 9.57. The molecule has 2 aromatic carbocycles. The van der Waals surface area contributed by atoms with Gasteiger partial charge in [-0.25, -0.2) is 0 Å². The molecule has 25 heavy (non-hydrogen) atoms. The summed E-state index contributed by atoms with van der Waals surface area (Å²) in [4.78, 5) is 14.7. The Morgan fingerprint density at radius 3 is 2.56 bits per heavy atom. The summed E-state index contributed by atoms with van der Waals surface area (Å²) >= 11 is 6.26. The van der Waals surface area contributed by atoms with E-state index in [1.54, 1.807) is 0 Å². The first-order chi connectivity index (χ1) is 12.0. The molecular formula is C20H22ClN3O. The lowest BCUT2D eigenvalue weighted by Crippen LogP contribution is -2.70. The number of hydrogen-bond donors (Lipinski definition) is 2. The van der Waals surface area contributed by atoms with Gasteiger partial charge in [0.2, 0.25) is 5.91 Å². The van der Waals surface area contributed by atoms with E-state index >= 15 is 0 Å². The number of nitrogens with zero attached hydrogens (tertiary/aromatic N) is 1. The highest BCUT2D eigenvalue weighted by Crippen LogP contribution is 2.56. The van der Waals surface area contributed by atoms with Gasteiger partial charge < -0.3 is 16.4 Å². The summed E-state index contributed by atoms with van der Waals surface area (Å²) in [5.74, 6) is -0.328. The van der Waals surface area contributed by atoms with Gasteiger partial charge in [-0.2, -0.15) is 0 Å². The lowest BCUT2D eigenvalue weighted by Gasteiger charge is -2.56. The second kappa shape index (κ2) is 5.75. The average Bonchev–Trinajstić information content (AvgIpc) is 2.97. The van der Waals surface area contributed by atoms with E-state index < -0.39 is 11.1 Å². The molecular weight excluding hydrogens is 334 g/mol. The molecule has 0 saturated heterocycles. The van der Waals surface area contributed by atoms with Crippen molar-refractivity contribution in [2.24, 2.45) is 16.9 Å². The molecule has 5 heteroatoms. The smallest absolute Gasteiger partial charge is 0.227 e. The first-order valence-electron chi connectivity index (χ1n) is 8.69. The number of rotatable bonds is 4. The van der Waals surface area contributed by atoms with E-state index in [2.05, 4.69) is 17.0 Å². The van der Waals surface area contributed by atoms with Gasteiger partial charge >= 0.3 is 0 Å². The fourth-order valence-corrected chi connectivity index (χ4v) is 4.66. The Morgan fingerprint density at radius 2 is 1.92 bits per heavy atom. The highest BCUT2D eigenvalue weighted by atomic mass is 35.5. The maximum absolute atomic E-state index is 12.6. The number of anilines is 1. The van der Waals surface area contributed by atoms with Crippen LogP contribution in [-0.2, 0) is 16.9 Å². The van der Waals surface area contributed by atoms with Crippen LogP contribution in [0.25, 0.3) is 0 Å². The van der Waals surface area contributed by atoms with Crippen LogP contribution in [0.5, 0.6) is 0 Å². The van der Waals surface area contributed by atoms with Crippen molar-refractivity contribution in [1.29, 1.82) is 0 Å². The van der Waals surface area contributed by atoms with Crippen molar-refractivity contribution in [3.05, 3.63) is 64.7 Å². The molecule has 0 spiro atoms. The largest absolute Gasteiger partial charge is 0.369 e. The zero-order valence-electron chi connectivity index (χ0n) is 14.0. The number of para-hydroxylation sites is 1. The van der Waals surface area contributed by atoms with Crippen LogP contribution in [0.15, 0.2) is 48.5 Å². The Labute approximate surface area is 152 Å². The minimum absolute atomic E-state index is 0.328. The Hall–Kier alpha value is -2.04. The van der Waals surface area contributed by atoms with Crippen molar-refractivity contribution < 1.29 is 4.79 Å². The Morgan fingerprint density at radius 1 is 1.16 bits per heavy atom. The van der Waals surface area contributed by atoms with Crippen LogP contribution in [0, 0.1) is 5.41 Å². The maximum Gasteiger partial charge on any atom is 0.227 e. The van der Waals surface area contributed by atoms with Gasteiger partial charge in [-0.3, -0.25) is 4.79 Å². The summed E-state index contributed by atoms with van der Waals surface area (Å²) in [6.07, 6.45) is 3.26. The molecule has 0 bridgehead atoms. The van der Waals surface area contributed by atoms with Gasteiger partial charge in [-0.05, 0) is 48.6 Å². The summed E-state index contributed by atoms with van der Waals surface area (Å²) in [5.41, 5.74) is 14.4. The van der Waals surface area contributed by atoms with Crippen LogP contribution >= 0.6 is 11.6 Å². The number of fused-ring (bicyclic) bond motifs is 1. The van der Waals surface area contributed by atoms with Crippen molar-refractivity contribution in [3.63, 3.8) is 0 Å². The minimum atomic E-state index is -1.01. The second-order valence-corrected chi connectivity index (χ2v) is 7.54. The van der Waals surface area contributed by atoms with Crippen LogP contribution < -0.4 is 16.4 Å². The van der Waals surface area contributed by atoms with Crippen molar-refractivity contribution >= 4 is 23.2 Å². The van der Waals surface area contributed by atoms with Crippen molar-refractivity contribution in [2.45, 2.75) is 31.3 Å². The van der Waals surface area contributed by atoms with E-state index in [-0.39, 0.29) is 5.91 Å². The third-order valence-corrected chi connectivity index (χ3v) is 6.22. The topological polar surface area (TPSA) is 72.3 Å². The summed E-state index contributed by atoms with van der Waals surface area (Å²) < 4.78 is 0. The van der Waals surface area contributed by atoms with E-state index in [1.807, 2.05) is 36.4 Å². The summed E-state index contributed by atoms with van der Waals surface area (Å²) in [5, 5.41) is 0.610. The Balaban J connectivity index is 1.93. The lowest BCUT2D eigenvalue weighted by molar-refractivity contribution is -0.139. The summed E-state index contributed by atoms with van der Waals surface area (Å²) in [6.45, 7) is 0.761. The number of nitrogens with two attached hydrogens (primary N) is 2. The molecule has 1 aliphatic heterocycles. The molecule has 0 radical (unpaired) electrons. The molecule has 0 aromatic heterocycles. The van der Waals surface area contributed by atoms with Crippen LogP contribution in [0.4, 0.5) is 5.69 Å². The first kappa shape index (κ1) is 16.4. The van der Waals surface area contributed by atoms with Crippen LogP contribution in [0.3, 0.4) is 0 Å². The number of primary amides is 1. The zero-order valence-corrected chi connectivity index (χ0v) is 14.8. The maximum atomic E-state index is 12.6. The fourth-order valence-electron chi connectivity index (χ4n) is 4.47. The van der Waals surface area contributed by atoms with E-state index in [9.17, 15) is 4.79 Å². The highest BCUT2D eigenvalue weighted by Gasteiger charge is 2.61. The van der Waals surface area contributed by atoms with Gasteiger partial charge in [-0.15, -0.1) is 0 Å². The standard InChI is InChI=1S/C20H22ClN3O/c21-16-7-3-6-15(13-16)20(23,19(18(22)25)10-4-11-19)24-12-9-14-5-1-2-8-17(14)24/h1-3,5-8,13H,4,9-12,23H2,(H2,22,25). The minimum Gasteiger partial charge on any atom is -0.369 e. The van der Waals surface area contributed by atoms with Gasteiger partial charge in [0.15, 0.2) is 0 Å². The molecule has 4 N–H and O–H groups in total. The van der Waals surface area contributed by atoms with Gasteiger partial charge in [0, 0.05) is 17.3 Å². The molecule has 1 heterocycles. The molecule has 1 saturated carbocycles. The Kier molecular flexibility index (Phi) is 3.78. The number of carbonyl (C=O) groups is 1. The van der Waals surface area contributed by atoms with E-state index in [1.165, 1.54) is 5.56 Å². The highest BCUT2D eigenvalue weighted by molar-refractivity contribution is 6.30. The van der Waals surface area contributed by atoms with Crippen molar-refractivity contribution in [2.75, 3.05) is 11.4 Å². The zero-order chi connectivity index (χ0) is 17.7. The predicted octanol–water partition coefficient (Wildman–Crippen LogP) is 3.17. The van der Waals surface area contributed by atoms with E-state index in [0.29, 0.717) is 17.9 Å². The molecule has 4 rings (SSSR count). The molecule has 1 unspecified atom stereocenters. The molecule has 1 atom stereocenters. The van der Waals surface area contributed by atoms with Gasteiger partial charge in [0.25, 0.3) is 0 Å². The average molecular weight is 356 g/mol. The number of hydrogen-bond acceptors (Lipinski definition) is 3. The number of carbonyl (C=O) groups excluding carboxylic acids is 1. The molecule has 1 fully saturated rings. The van der Waals surface area contributed by atoms with Gasteiger partial charge in [0.1, 0.15) is 5.66 Å². The quantitative estimate of drug-likeness (QED) is 0.884. The monoisotopic (exact) mass is 355 g/mol. The fraction of sp³-hybridized carbons (Fsp3) is 0.350. The molecule has 1 amide bonds. The second-order valence-electron chi connectivity index (χ2n) is 7.11. The molecule has 2 aromatic rings. The summed E-state index contributed by atoms with van der Waals surface area (Å²) in [6, 6.07) is 15.8. The third kappa shape index (κ3) is 2.21. The SMILES string of the molecule is NC(=O)C1(C(N)(c2cccc(Cl)c2)N2CCc3ccccc32)CCC1. The Bertz CT molecular complexity index is 833. The van der Waals surface area contributed by atoms with Crippen molar-refractivity contribution in [3.8, 4) is 0 Å².